The lowest BCUT2D eigenvalue weighted by atomic mass is 9.75. The smallest absolute Gasteiger partial charge is 0.341 e. The molecule has 7 nitrogen and oxygen atoms in total. The fraction of sp³-hybridized carbons (Fsp3) is 0.818. The number of rotatable bonds is 6. The van der Waals surface area contributed by atoms with E-state index in [1.54, 1.807) is 7.05 Å². The Morgan fingerprint density at radius 1 is 1.33 bits per heavy atom. The highest BCUT2D eigenvalue weighted by atomic mass is 16.7. The van der Waals surface area contributed by atoms with Crippen LogP contribution in [0.15, 0.2) is 0 Å². The lowest BCUT2D eigenvalue weighted by Gasteiger charge is -2.49. The molecule has 7 heteroatoms. The zero-order valence-electron chi connectivity index (χ0n) is 11.1. The van der Waals surface area contributed by atoms with Crippen LogP contribution in [-0.4, -0.2) is 66.7 Å². The molecule has 0 atom stereocenters. The number of carboxylic acid groups (broad SMARTS) is 1. The first-order valence-corrected chi connectivity index (χ1v) is 5.89. The van der Waals surface area contributed by atoms with Gasteiger partial charge in [0.05, 0.1) is 0 Å². The van der Waals surface area contributed by atoms with E-state index in [0.29, 0.717) is 6.54 Å². The number of likely N-dealkylation sites (N-methyl/N-ethyl adjacent to an activating group) is 2. The van der Waals surface area contributed by atoms with Crippen LogP contribution in [0.1, 0.15) is 19.3 Å². The van der Waals surface area contributed by atoms with Crippen molar-refractivity contribution in [2.45, 2.75) is 24.8 Å². The van der Waals surface area contributed by atoms with Gasteiger partial charge in [-0.2, -0.15) is 0 Å². The van der Waals surface area contributed by atoms with Gasteiger partial charge in [-0.25, -0.2) is 15.1 Å². The van der Waals surface area contributed by atoms with Crippen molar-refractivity contribution in [3.8, 4) is 0 Å². The normalized spacial score (nSPS) is 17.1. The number of hydrogen-bond acceptors (Lipinski definition) is 4. The summed E-state index contributed by atoms with van der Waals surface area (Å²) in [7, 11) is 5.68. The molecule has 0 aromatic rings. The van der Waals surface area contributed by atoms with Gasteiger partial charge in [0.25, 0.3) is 0 Å². The van der Waals surface area contributed by atoms with E-state index in [0.717, 1.165) is 12.8 Å². The molecule has 1 aliphatic rings. The fourth-order valence-corrected chi connectivity index (χ4v) is 2.08. The minimum atomic E-state index is -1.12. The van der Waals surface area contributed by atoms with E-state index < -0.39 is 18.6 Å². The molecule has 2 amide bonds. The molecule has 1 fully saturated rings. The first-order valence-electron chi connectivity index (χ1n) is 5.89. The Bertz CT molecular complexity index is 315. The molecule has 1 aliphatic carbocycles. The van der Waals surface area contributed by atoms with Crippen LogP contribution in [0, 0.1) is 0 Å². The van der Waals surface area contributed by atoms with Crippen molar-refractivity contribution in [2.24, 2.45) is 0 Å². The maximum atomic E-state index is 11.6. The van der Waals surface area contributed by atoms with Gasteiger partial charge in [0.15, 0.2) is 6.61 Å². The molecule has 0 unspecified atom stereocenters. The Labute approximate surface area is 107 Å². The molecule has 0 aromatic carbocycles. The SMILES string of the molecule is CN(CC1(N(C)C)CCC1)C(=O)NOCC(=O)O. The molecule has 0 bridgehead atoms. The first kappa shape index (κ1) is 14.7. The molecular weight excluding hydrogens is 238 g/mol. The van der Waals surface area contributed by atoms with Gasteiger partial charge in [-0.3, -0.25) is 4.84 Å². The van der Waals surface area contributed by atoms with E-state index in [9.17, 15) is 9.59 Å². The van der Waals surface area contributed by atoms with Crippen LogP contribution in [0.5, 0.6) is 0 Å². The van der Waals surface area contributed by atoms with Crippen molar-refractivity contribution < 1.29 is 19.5 Å². The van der Waals surface area contributed by atoms with Crippen LogP contribution in [0.25, 0.3) is 0 Å². The maximum absolute atomic E-state index is 11.6. The van der Waals surface area contributed by atoms with Gasteiger partial charge in [-0.05, 0) is 33.4 Å². The molecule has 18 heavy (non-hydrogen) atoms. The largest absolute Gasteiger partial charge is 0.479 e. The molecule has 0 heterocycles. The number of nitrogens with one attached hydrogen (secondary N) is 1. The van der Waals surface area contributed by atoms with Crippen molar-refractivity contribution in [3.05, 3.63) is 0 Å². The Morgan fingerprint density at radius 2 is 1.94 bits per heavy atom. The molecular formula is C11H21N3O4. The number of nitrogens with zero attached hydrogens (tertiary/aromatic N) is 2. The Kier molecular flexibility index (Phi) is 4.92. The van der Waals surface area contributed by atoms with Crippen LogP contribution >= 0.6 is 0 Å². The van der Waals surface area contributed by atoms with E-state index in [1.807, 2.05) is 14.1 Å². The van der Waals surface area contributed by atoms with E-state index >= 15 is 0 Å². The summed E-state index contributed by atoms with van der Waals surface area (Å²) in [4.78, 5) is 30.1. The van der Waals surface area contributed by atoms with E-state index in [4.69, 9.17) is 5.11 Å². The van der Waals surface area contributed by atoms with Crippen molar-refractivity contribution in [2.75, 3.05) is 34.3 Å². The van der Waals surface area contributed by atoms with Gasteiger partial charge in [0.2, 0.25) is 0 Å². The molecule has 0 radical (unpaired) electrons. The maximum Gasteiger partial charge on any atom is 0.341 e. The highest BCUT2D eigenvalue weighted by Crippen LogP contribution is 2.36. The minimum absolute atomic E-state index is 0.0406. The van der Waals surface area contributed by atoms with Crippen LogP contribution in [0.3, 0.4) is 0 Å². The topological polar surface area (TPSA) is 82.1 Å². The van der Waals surface area contributed by atoms with Crippen LogP contribution in [0.2, 0.25) is 0 Å². The number of carboxylic acids is 1. The van der Waals surface area contributed by atoms with E-state index in [1.165, 1.54) is 11.3 Å². The quantitative estimate of drug-likeness (QED) is 0.662. The van der Waals surface area contributed by atoms with E-state index in [-0.39, 0.29) is 5.54 Å². The van der Waals surface area contributed by atoms with Gasteiger partial charge in [-0.15, -0.1) is 0 Å². The number of hydroxylamine groups is 1. The Morgan fingerprint density at radius 3 is 2.33 bits per heavy atom. The lowest BCUT2D eigenvalue weighted by Crippen LogP contribution is -2.58. The molecule has 0 saturated heterocycles. The van der Waals surface area contributed by atoms with Crippen molar-refractivity contribution in [3.63, 3.8) is 0 Å². The predicted molar refractivity (Wildman–Crippen MR) is 65.0 cm³/mol. The summed E-state index contributed by atoms with van der Waals surface area (Å²) in [5, 5.41) is 8.37. The second-order valence-corrected chi connectivity index (χ2v) is 4.92. The third-order valence-electron chi connectivity index (χ3n) is 3.47. The molecule has 1 saturated carbocycles. The third-order valence-corrected chi connectivity index (χ3v) is 3.47. The molecule has 0 aromatic heterocycles. The zero-order chi connectivity index (χ0) is 13.8. The molecule has 2 N–H and O–H groups in total. The summed E-state index contributed by atoms with van der Waals surface area (Å²) < 4.78 is 0. The number of carbonyl (C=O) groups is 2. The second kappa shape index (κ2) is 6.01. The number of amides is 2. The summed E-state index contributed by atoms with van der Waals surface area (Å²) in [6.07, 6.45) is 3.30. The summed E-state index contributed by atoms with van der Waals surface area (Å²) >= 11 is 0. The van der Waals surface area contributed by atoms with Gasteiger partial charge >= 0.3 is 12.0 Å². The monoisotopic (exact) mass is 259 g/mol. The van der Waals surface area contributed by atoms with Crippen molar-refractivity contribution in [1.29, 1.82) is 0 Å². The molecule has 104 valence electrons. The summed E-state index contributed by atoms with van der Waals surface area (Å²) in [6, 6.07) is -0.427. The highest BCUT2D eigenvalue weighted by molar-refractivity contribution is 5.73. The third kappa shape index (κ3) is 3.58. The minimum Gasteiger partial charge on any atom is -0.479 e. The number of carbonyl (C=O) groups excluding carboxylic acids is 1. The molecule has 1 rings (SSSR count). The van der Waals surface area contributed by atoms with Crippen LogP contribution < -0.4 is 5.48 Å². The van der Waals surface area contributed by atoms with Gasteiger partial charge in [0.1, 0.15) is 0 Å². The summed E-state index contributed by atoms with van der Waals surface area (Å²) in [5.41, 5.74) is 2.15. The molecule has 0 aliphatic heterocycles. The summed E-state index contributed by atoms with van der Waals surface area (Å²) in [6.45, 7) is 0.0562. The standard InChI is InChI=1S/C11H21N3O4/c1-13(2)11(5-4-6-11)8-14(3)10(17)12-18-7-9(15)16/h4-8H2,1-3H3,(H,12,17)(H,15,16). The molecule has 0 spiro atoms. The van der Waals surface area contributed by atoms with Crippen LogP contribution in [0.4, 0.5) is 4.79 Å². The van der Waals surface area contributed by atoms with Gasteiger partial charge in [-0.1, -0.05) is 0 Å². The van der Waals surface area contributed by atoms with Gasteiger partial charge < -0.3 is 14.9 Å². The van der Waals surface area contributed by atoms with Gasteiger partial charge in [0, 0.05) is 19.1 Å². The second-order valence-electron chi connectivity index (χ2n) is 4.92. The summed E-state index contributed by atoms with van der Waals surface area (Å²) in [5.74, 6) is -1.12. The Hall–Kier alpha value is -1.34. The van der Waals surface area contributed by atoms with Crippen molar-refractivity contribution in [1.82, 2.24) is 15.3 Å². The number of urea groups is 1. The zero-order valence-corrected chi connectivity index (χ0v) is 11.1. The fourth-order valence-electron chi connectivity index (χ4n) is 2.08. The average molecular weight is 259 g/mol. The van der Waals surface area contributed by atoms with Crippen molar-refractivity contribution >= 4 is 12.0 Å². The predicted octanol–water partition coefficient (Wildman–Crippen LogP) is 0.128. The average Bonchev–Trinajstić information content (AvgIpc) is 2.21. The number of aliphatic carboxylic acids is 1. The van der Waals surface area contributed by atoms with Crippen LogP contribution in [-0.2, 0) is 9.63 Å². The van der Waals surface area contributed by atoms with E-state index in [2.05, 4.69) is 15.2 Å². The Balaban J connectivity index is 2.37. The first-order chi connectivity index (χ1) is 8.37. The number of hydrogen-bond donors (Lipinski definition) is 2. The highest BCUT2D eigenvalue weighted by Gasteiger charge is 2.40. The lowest BCUT2D eigenvalue weighted by molar-refractivity contribution is -0.144.